The fraction of sp³-hybridized carbons (Fsp3) is 0.880. The molecule has 5 heteroatoms. The van der Waals surface area contributed by atoms with Crippen molar-refractivity contribution < 1.29 is 4.79 Å². The normalized spacial score (nSPS) is 27.1. The minimum absolute atomic E-state index is 0.0693. The van der Waals surface area contributed by atoms with Crippen LogP contribution in [0, 0.1) is 0 Å². The van der Waals surface area contributed by atoms with Crippen LogP contribution in [0.5, 0.6) is 0 Å². The van der Waals surface area contributed by atoms with Gasteiger partial charge in [0.25, 0.3) is 0 Å². The number of nitrogens with zero attached hydrogens (tertiary/aromatic N) is 2. The largest absolute Gasteiger partial charge is 0.307 e. The van der Waals surface area contributed by atoms with Crippen LogP contribution in [0.1, 0.15) is 108 Å². The van der Waals surface area contributed by atoms with Crippen molar-refractivity contribution in [2.75, 3.05) is 0 Å². The molecule has 2 aliphatic rings. The van der Waals surface area contributed by atoms with E-state index >= 15 is 0 Å². The number of carbonyl (C=O) groups is 1. The van der Waals surface area contributed by atoms with Crippen LogP contribution in [0.25, 0.3) is 0 Å². The molecule has 2 N–H and O–H groups in total. The van der Waals surface area contributed by atoms with Gasteiger partial charge in [-0.1, -0.05) is 0 Å². The van der Waals surface area contributed by atoms with E-state index in [4.69, 9.17) is 9.98 Å². The molecule has 2 fully saturated rings. The van der Waals surface area contributed by atoms with Crippen molar-refractivity contribution in [3.05, 3.63) is 0 Å². The van der Waals surface area contributed by atoms with Crippen molar-refractivity contribution in [2.45, 2.75) is 142 Å². The molecule has 0 unspecified atom stereocenters. The minimum atomic E-state index is 0.0693. The molecule has 2 aliphatic heterocycles. The second kappa shape index (κ2) is 8.82. The third-order valence-electron chi connectivity index (χ3n) is 6.05. The Labute approximate surface area is 185 Å². The lowest BCUT2D eigenvalue weighted by Gasteiger charge is -2.45. The van der Waals surface area contributed by atoms with E-state index in [1.807, 2.05) is 13.8 Å². The summed E-state index contributed by atoms with van der Waals surface area (Å²) in [5, 5.41) is 7.39. The zero-order valence-corrected chi connectivity index (χ0v) is 21.2. The van der Waals surface area contributed by atoms with Crippen molar-refractivity contribution in [1.82, 2.24) is 10.6 Å². The van der Waals surface area contributed by atoms with Gasteiger partial charge in [-0.2, -0.15) is 0 Å². The number of piperidine rings is 2. The summed E-state index contributed by atoms with van der Waals surface area (Å²) in [4.78, 5) is 22.5. The van der Waals surface area contributed by atoms with Crippen molar-refractivity contribution >= 4 is 17.2 Å². The molecule has 0 aromatic rings. The molecule has 0 saturated carbocycles. The van der Waals surface area contributed by atoms with Gasteiger partial charge < -0.3 is 10.6 Å². The van der Waals surface area contributed by atoms with Gasteiger partial charge in [0.05, 0.1) is 12.1 Å². The van der Waals surface area contributed by atoms with Crippen LogP contribution in [-0.2, 0) is 4.79 Å². The molecular formula is C25H46N4O. The second-order valence-corrected chi connectivity index (χ2v) is 12.5. The zero-order valence-electron chi connectivity index (χ0n) is 21.2. The highest BCUT2D eigenvalue weighted by molar-refractivity contribution is 6.09. The summed E-state index contributed by atoms with van der Waals surface area (Å²) < 4.78 is 0. The van der Waals surface area contributed by atoms with E-state index in [-0.39, 0.29) is 40.0 Å². The fourth-order valence-corrected chi connectivity index (χ4v) is 6.07. The molecule has 2 rings (SSSR count). The quantitative estimate of drug-likeness (QED) is 0.604. The molecule has 172 valence electrons. The van der Waals surface area contributed by atoms with Crippen LogP contribution in [0.15, 0.2) is 9.98 Å². The van der Waals surface area contributed by atoms with E-state index in [0.717, 1.165) is 37.1 Å². The van der Waals surface area contributed by atoms with Crippen LogP contribution < -0.4 is 10.6 Å². The first-order valence-electron chi connectivity index (χ1n) is 11.6. The van der Waals surface area contributed by atoms with Gasteiger partial charge in [-0.3, -0.25) is 14.8 Å². The van der Waals surface area contributed by atoms with Crippen LogP contribution in [0.4, 0.5) is 0 Å². The SMILES string of the molecule is CC(CC(=O)CC(C)=NC1CC(C)(C)NC(C)(C)C1)=NC1CC(C)(C)NC(C)(C)C1. The van der Waals surface area contributed by atoms with Gasteiger partial charge in [-0.15, -0.1) is 0 Å². The summed E-state index contributed by atoms with van der Waals surface area (Å²) >= 11 is 0. The average Bonchev–Trinajstić information content (AvgIpc) is 2.38. The van der Waals surface area contributed by atoms with Gasteiger partial charge in [0.1, 0.15) is 5.78 Å². The Kier molecular flexibility index (Phi) is 7.40. The maximum absolute atomic E-state index is 12.7. The van der Waals surface area contributed by atoms with Crippen molar-refractivity contribution in [3.63, 3.8) is 0 Å². The molecular weight excluding hydrogens is 372 g/mol. The summed E-state index contributed by atoms with van der Waals surface area (Å²) in [6.07, 6.45) is 4.88. The summed E-state index contributed by atoms with van der Waals surface area (Å²) in [5.41, 5.74) is 2.19. The predicted octanol–water partition coefficient (Wildman–Crippen LogP) is 4.88. The molecule has 5 nitrogen and oxygen atoms in total. The fourth-order valence-electron chi connectivity index (χ4n) is 6.07. The number of hydrogen-bond donors (Lipinski definition) is 2. The predicted molar refractivity (Wildman–Crippen MR) is 129 cm³/mol. The number of Topliss-reactive ketones (excluding diaryl/α,β-unsaturated/α-hetero) is 1. The van der Waals surface area contributed by atoms with Gasteiger partial charge in [-0.05, 0) is 94.9 Å². The Morgan fingerprint density at radius 1 is 0.667 bits per heavy atom. The zero-order chi connectivity index (χ0) is 23.0. The first-order chi connectivity index (χ1) is 13.5. The van der Waals surface area contributed by atoms with Crippen LogP contribution in [0.2, 0.25) is 0 Å². The molecule has 0 aromatic carbocycles. The third-order valence-corrected chi connectivity index (χ3v) is 6.05. The van der Waals surface area contributed by atoms with Crippen molar-refractivity contribution in [1.29, 1.82) is 0 Å². The molecule has 0 radical (unpaired) electrons. The number of ketones is 1. The molecule has 0 amide bonds. The lowest BCUT2D eigenvalue weighted by molar-refractivity contribution is -0.116. The van der Waals surface area contributed by atoms with E-state index in [2.05, 4.69) is 66.0 Å². The lowest BCUT2D eigenvalue weighted by Crippen LogP contribution is -2.58. The lowest BCUT2D eigenvalue weighted by atomic mass is 9.80. The summed E-state index contributed by atoms with van der Waals surface area (Å²) in [6, 6.07) is 0.552. The maximum atomic E-state index is 12.7. The average molecular weight is 419 g/mol. The number of hydrogen-bond acceptors (Lipinski definition) is 5. The molecule has 0 aliphatic carbocycles. The highest BCUT2D eigenvalue weighted by atomic mass is 16.1. The first-order valence-corrected chi connectivity index (χ1v) is 11.6. The number of carbonyl (C=O) groups excluding carboxylic acids is 1. The first kappa shape index (κ1) is 25.2. The third kappa shape index (κ3) is 8.22. The number of nitrogens with one attached hydrogen (secondary N) is 2. The van der Waals surface area contributed by atoms with Crippen molar-refractivity contribution in [2.24, 2.45) is 9.98 Å². The van der Waals surface area contributed by atoms with E-state index in [1.54, 1.807) is 0 Å². The van der Waals surface area contributed by atoms with E-state index < -0.39 is 0 Å². The highest BCUT2D eigenvalue weighted by Gasteiger charge is 2.38. The molecule has 0 atom stereocenters. The molecule has 30 heavy (non-hydrogen) atoms. The molecule has 0 bridgehead atoms. The minimum Gasteiger partial charge on any atom is -0.307 e. The van der Waals surface area contributed by atoms with Gasteiger partial charge in [0, 0.05) is 46.4 Å². The Hall–Kier alpha value is -1.07. The van der Waals surface area contributed by atoms with Gasteiger partial charge >= 0.3 is 0 Å². The topological polar surface area (TPSA) is 65.8 Å². The Bertz CT molecular complexity index is 610. The Balaban J connectivity index is 1.94. The van der Waals surface area contributed by atoms with Crippen LogP contribution in [-0.4, -0.2) is 51.4 Å². The van der Waals surface area contributed by atoms with E-state index in [0.29, 0.717) is 12.8 Å². The maximum Gasteiger partial charge on any atom is 0.144 e. The number of rotatable bonds is 6. The molecule has 0 aromatic heterocycles. The van der Waals surface area contributed by atoms with Crippen LogP contribution in [0.3, 0.4) is 0 Å². The van der Waals surface area contributed by atoms with E-state index in [1.165, 1.54) is 0 Å². The summed E-state index contributed by atoms with van der Waals surface area (Å²) in [5.74, 6) is 0.220. The van der Waals surface area contributed by atoms with Crippen molar-refractivity contribution in [3.8, 4) is 0 Å². The van der Waals surface area contributed by atoms with Gasteiger partial charge in [0.2, 0.25) is 0 Å². The molecule has 0 spiro atoms. The Morgan fingerprint density at radius 2 is 0.933 bits per heavy atom. The smallest absolute Gasteiger partial charge is 0.144 e. The monoisotopic (exact) mass is 418 g/mol. The summed E-state index contributed by atoms with van der Waals surface area (Å²) in [6.45, 7) is 21.9. The molecule has 2 heterocycles. The molecule has 2 saturated heterocycles. The van der Waals surface area contributed by atoms with E-state index in [9.17, 15) is 4.79 Å². The summed E-state index contributed by atoms with van der Waals surface area (Å²) in [7, 11) is 0. The number of aliphatic imine (C=N–C) groups is 2. The Morgan fingerprint density at radius 3 is 1.20 bits per heavy atom. The standard InChI is InChI=1S/C25H46N4O/c1-17(26-19-13-22(3,4)28-23(5,6)14-19)11-21(30)12-18(2)27-20-15-24(7,8)29-25(9,10)16-20/h19-20,28-29H,11-16H2,1-10H3. The van der Waals surface area contributed by atoms with Gasteiger partial charge in [-0.25, -0.2) is 0 Å². The van der Waals surface area contributed by atoms with Crippen LogP contribution >= 0.6 is 0 Å². The van der Waals surface area contributed by atoms with Gasteiger partial charge in [0.15, 0.2) is 0 Å². The highest BCUT2D eigenvalue weighted by Crippen LogP contribution is 2.31. The second-order valence-electron chi connectivity index (χ2n) is 12.5.